The summed E-state index contributed by atoms with van der Waals surface area (Å²) in [7, 11) is 0. The smallest absolute Gasteiger partial charge is 0.311 e. The predicted octanol–water partition coefficient (Wildman–Crippen LogP) is 3.18. The van der Waals surface area contributed by atoms with E-state index in [1.54, 1.807) is 0 Å². The molecule has 2 saturated carbocycles. The number of rotatable bonds is 5. The van der Waals surface area contributed by atoms with Gasteiger partial charge in [-0.1, -0.05) is 49.1 Å². The molecule has 23 heavy (non-hydrogen) atoms. The van der Waals surface area contributed by atoms with Gasteiger partial charge in [0, 0.05) is 6.54 Å². The Morgan fingerprint density at radius 1 is 1.13 bits per heavy atom. The molecule has 0 aromatic heterocycles. The van der Waals surface area contributed by atoms with E-state index in [1.165, 1.54) is 6.42 Å². The molecule has 2 aliphatic carbocycles. The van der Waals surface area contributed by atoms with Crippen molar-refractivity contribution in [1.29, 1.82) is 0 Å². The maximum atomic E-state index is 13.0. The number of aryl methyl sites for hydroxylation is 1. The molecule has 1 aromatic rings. The summed E-state index contributed by atoms with van der Waals surface area (Å²) < 4.78 is 0. The Morgan fingerprint density at radius 2 is 1.83 bits per heavy atom. The summed E-state index contributed by atoms with van der Waals surface area (Å²) in [5, 5.41) is 12.3. The van der Waals surface area contributed by atoms with Crippen LogP contribution in [0.2, 0.25) is 0 Å². The van der Waals surface area contributed by atoms with Crippen LogP contribution in [0.5, 0.6) is 0 Å². The molecule has 0 heterocycles. The van der Waals surface area contributed by atoms with Gasteiger partial charge in [-0.15, -0.1) is 0 Å². The third-order valence-corrected chi connectivity index (χ3v) is 5.61. The molecule has 2 aliphatic rings. The zero-order valence-electron chi connectivity index (χ0n) is 13.7. The van der Waals surface area contributed by atoms with Crippen molar-refractivity contribution in [3.63, 3.8) is 0 Å². The van der Waals surface area contributed by atoms with Crippen LogP contribution < -0.4 is 5.32 Å². The molecule has 0 spiro atoms. The number of benzene rings is 1. The Labute approximate surface area is 137 Å². The Kier molecular flexibility index (Phi) is 4.17. The lowest BCUT2D eigenvalue weighted by molar-refractivity contribution is -0.143. The van der Waals surface area contributed by atoms with E-state index in [9.17, 15) is 14.7 Å². The van der Waals surface area contributed by atoms with Crippen LogP contribution in [0.4, 0.5) is 0 Å². The van der Waals surface area contributed by atoms with Gasteiger partial charge >= 0.3 is 5.97 Å². The van der Waals surface area contributed by atoms with Crippen LogP contribution in [0.15, 0.2) is 24.3 Å². The molecule has 1 amide bonds. The maximum absolute atomic E-state index is 13.0. The number of carbonyl (C=O) groups excluding carboxylic acids is 1. The van der Waals surface area contributed by atoms with E-state index in [0.29, 0.717) is 12.8 Å². The molecule has 0 unspecified atom stereocenters. The fourth-order valence-electron chi connectivity index (χ4n) is 3.78. The summed E-state index contributed by atoms with van der Waals surface area (Å²) in [4.78, 5) is 24.3. The summed E-state index contributed by atoms with van der Waals surface area (Å²) in [6.45, 7) is 2.30. The lowest BCUT2D eigenvalue weighted by Crippen LogP contribution is -2.48. The van der Waals surface area contributed by atoms with Crippen molar-refractivity contribution in [3.8, 4) is 0 Å². The number of carbonyl (C=O) groups is 2. The second-order valence-corrected chi connectivity index (χ2v) is 7.28. The molecule has 2 N–H and O–H groups in total. The first-order chi connectivity index (χ1) is 11.0. The zero-order valence-corrected chi connectivity index (χ0v) is 13.7. The van der Waals surface area contributed by atoms with Gasteiger partial charge < -0.3 is 10.4 Å². The van der Waals surface area contributed by atoms with E-state index in [0.717, 1.165) is 36.8 Å². The number of hydrogen-bond acceptors (Lipinski definition) is 2. The molecular weight excluding hydrogens is 290 g/mol. The molecule has 0 aliphatic heterocycles. The number of amides is 1. The van der Waals surface area contributed by atoms with Crippen molar-refractivity contribution >= 4 is 11.9 Å². The molecular formula is C19H25NO3. The third kappa shape index (κ3) is 2.99. The predicted molar refractivity (Wildman–Crippen MR) is 88.3 cm³/mol. The quantitative estimate of drug-likeness (QED) is 0.877. The molecule has 4 nitrogen and oxygen atoms in total. The van der Waals surface area contributed by atoms with Crippen molar-refractivity contribution in [2.45, 2.75) is 57.3 Å². The Balaban J connectivity index is 1.81. The van der Waals surface area contributed by atoms with Gasteiger partial charge in [0.15, 0.2) is 0 Å². The van der Waals surface area contributed by atoms with Crippen LogP contribution in [0.1, 0.15) is 56.1 Å². The molecule has 1 aromatic carbocycles. The number of aliphatic carboxylic acids is 1. The highest BCUT2D eigenvalue weighted by Crippen LogP contribution is 2.46. The summed E-state index contributed by atoms with van der Waals surface area (Å²) >= 11 is 0. The fraction of sp³-hybridized carbons (Fsp3) is 0.579. The summed E-state index contributed by atoms with van der Waals surface area (Å²) in [5.74, 6) is -0.777. The molecule has 124 valence electrons. The normalized spacial score (nSPS) is 21.4. The topological polar surface area (TPSA) is 66.4 Å². The molecule has 0 radical (unpaired) electrons. The minimum atomic E-state index is -0.786. The first-order valence-corrected chi connectivity index (χ1v) is 8.57. The van der Waals surface area contributed by atoms with E-state index in [2.05, 4.69) is 11.4 Å². The second-order valence-electron chi connectivity index (χ2n) is 7.28. The minimum Gasteiger partial charge on any atom is -0.481 e. The molecule has 4 heteroatoms. The average Bonchev–Trinajstić information content (AvgIpc) is 3.34. The number of hydrogen-bond donors (Lipinski definition) is 2. The van der Waals surface area contributed by atoms with Crippen molar-refractivity contribution in [1.82, 2.24) is 5.32 Å². The van der Waals surface area contributed by atoms with Gasteiger partial charge in [-0.05, 0) is 38.2 Å². The lowest BCUT2D eigenvalue weighted by Gasteiger charge is -2.37. The van der Waals surface area contributed by atoms with Crippen LogP contribution in [-0.4, -0.2) is 23.5 Å². The summed E-state index contributed by atoms with van der Waals surface area (Å²) in [6, 6.07) is 8.20. The highest BCUT2D eigenvalue weighted by molar-refractivity contribution is 5.89. The van der Waals surface area contributed by atoms with Gasteiger partial charge in [0.1, 0.15) is 0 Å². The number of carboxylic acid groups (broad SMARTS) is 1. The minimum absolute atomic E-state index is 0.00956. The number of carboxylic acids is 1. The SMILES string of the molecule is Cc1cccc(C2(C(=O)NCC3(C(=O)O)CC3)CCCCC2)c1. The first-order valence-electron chi connectivity index (χ1n) is 8.57. The monoisotopic (exact) mass is 315 g/mol. The standard InChI is InChI=1S/C19H25NO3/c1-14-6-5-7-15(12-14)19(8-3-2-4-9-19)16(21)20-13-18(10-11-18)17(22)23/h5-7,12H,2-4,8-11,13H2,1H3,(H,20,21)(H,22,23). The van der Waals surface area contributed by atoms with Gasteiger partial charge in [-0.3, -0.25) is 9.59 Å². The third-order valence-electron chi connectivity index (χ3n) is 5.61. The zero-order chi connectivity index (χ0) is 16.5. The van der Waals surface area contributed by atoms with Crippen LogP contribution in [0.3, 0.4) is 0 Å². The second kappa shape index (κ2) is 5.99. The van der Waals surface area contributed by atoms with Gasteiger partial charge in [0.25, 0.3) is 0 Å². The van der Waals surface area contributed by atoms with Crippen molar-refractivity contribution in [3.05, 3.63) is 35.4 Å². The molecule has 0 atom stereocenters. The summed E-state index contributed by atoms with van der Waals surface area (Å²) in [6.07, 6.45) is 6.29. The van der Waals surface area contributed by atoms with E-state index >= 15 is 0 Å². The largest absolute Gasteiger partial charge is 0.481 e. The summed E-state index contributed by atoms with van der Waals surface area (Å²) in [5.41, 5.74) is 1.04. The van der Waals surface area contributed by atoms with Gasteiger partial charge in [-0.2, -0.15) is 0 Å². The Morgan fingerprint density at radius 3 is 2.39 bits per heavy atom. The Hall–Kier alpha value is -1.84. The highest BCUT2D eigenvalue weighted by Gasteiger charge is 2.51. The molecule has 0 bridgehead atoms. The van der Waals surface area contributed by atoms with E-state index < -0.39 is 16.8 Å². The van der Waals surface area contributed by atoms with Crippen LogP contribution >= 0.6 is 0 Å². The van der Waals surface area contributed by atoms with Gasteiger partial charge in [0.2, 0.25) is 5.91 Å². The molecule has 3 rings (SSSR count). The fourth-order valence-corrected chi connectivity index (χ4v) is 3.78. The highest BCUT2D eigenvalue weighted by atomic mass is 16.4. The van der Waals surface area contributed by atoms with Crippen LogP contribution in [0.25, 0.3) is 0 Å². The van der Waals surface area contributed by atoms with Crippen molar-refractivity contribution < 1.29 is 14.7 Å². The average molecular weight is 315 g/mol. The van der Waals surface area contributed by atoms with Crippen LogP contribution in [0, 0.1) is 12.3 Å². The van der Waals surface area contributed by atoms with Crippen LogP contribution in [-0.2, 0) is 15.0 Å². The van der Waals surface area contributed by atoms with E-state index in [-0.39, 0.29) is 12.5 Å². The number of nitrogens with one attached hydrogen (secondary N) is 1. The molecule has 2 fully saturated rings. The molecule has 0 saturated heterocycles. The Bertz CT molecular complexity index is 613. The lowest BCUT2D eigenvalue weighted by atomic mass is 9.68. The van der Waals surface area contributed by atoms with Crippen molar-refractivity contribution in [2.24, 2.45) is 5.41 Å². The van der Waals surface area contributed by atoms with Crippen molar-refractivity contribution in [2.75, 3.05) is 6.54 Å². The maximum Gasteiger partial charge on any atom is 0.311 e. The van der Waals surface area contributed by atoms with E-state index in [4.69, 9.17) is 0 Å². The van der Waals surface area contributed by atoms with Gasteiger partial charge in [0.05, 0.1) is 10.8 Å². The first kappa shape index (κ1) is 16.0. The van der Waals surface area contributed by atoms with E-state index in [1.807, 2.05) is 25.1 Å². The van der Waals surface area contributed by atoms with Gasteiger partial charge in [-0.25, -0.2) is 0 Å².